The van der Waals surface area contributed by atoms with Crippen molar-refractivity contribution in [1.29, 1.82) is 0 Å². The van der Waals surface area contributed by atoms with Gasteiger partial charge in [-0.25, -0.2) is 8.78 Å². The van der Waals surface area contributed by atoms with Crippen LogP contribution in [0.5, 0.6) is 0 Å². The molecule has 0 amide bonds. The minimum absolute atomic E-state index is 0.307. The second-order valence-electron chi connectivity index (χ2n) is 3.81. The van der Waals surface area contributed by atoms with Crippen LogP contribution in [0.4, 0.5) is 14.5 Å². The summed E-state index contributed by atoms with van der Waals surface area (Å²) in [7, 11) is 0. The second kappa shape index (κ2) is 5.10. The minimum atomic E-state index is -0.561. The molecule has 0 spiro atoms. The van der Waals surface area contributed by atoms with Gasteiger partial charge in [0, 0.05) is 25.7 Å². The molecule has 0 unspecified atom stereocenters. The Hall–Kier alpha value is -0.680. The summed E-state index contributed by atoms with van der Waals surface area (Å²) in [5.41, 5.74) is 0.469. The van der Waals surface area contributed by atoms with Gasteiger partial charge in [0.1, 0.15) is 11.6 Å². The highest BCUT2D eigenvalue weighted by molar-refractivity contribution is 9.10. The van der Waals surface area contributed by atoms with Crippen molar-refractivity contribution in [1.82, 2.24) is 5.32 Å². The van der Waals surface area contributed by atoms with Crippen LogP contribution in [0, 0.1) is 11.6 Å². The average molecular weight is 291 g/mol. The quantitative estimate of drug-likeness (QED) is 0.800. The number of nitrogens with one attached hydrogen (secondary N) is 1. The van der Waals surface area contributed by atoms with Crippen molar-refractivity contribution in [3.8, 4) is 0 Å². The first-order valence-corrected chi connectivity index (χ1v) is 6.08. The van der Waals surface area contributed by atoms with E-state index in [1.165, 1.54) is 6.07 Å². The normalized spacial score (nSPS) is 17.3. The predicted molar refractivity (Wildman–Crippen MR) is 63.8 cm³/mol. The van der Waals surface area contributed by atoms with Gasteiger partial charge in [-0.3, -0.25) is 0 Å². The largest absolute Gasteiger partial charge is 0.368 e. The van der Waals surface area contributed by atoms with Crippen molar-refractivity contribution in [3.63, 3.8) is 0 Å². The number of anilines is 1. The number of hydrogen-bond acceptors (Lipinski definition) is 2. The van der Waals surface area contributed by atoms with Crippen LogP contribution in [0.2, 0.25) is 0 Å². The maximum absolute atomic E-state index is 13.6. The Kier molecular flexibility index (Phi) is 3.76. The molecule has 1 fully saturated rings. The first-order chi connectivity index (χ1) is 7.68. The summed E-state index contributed by atoms with van der Waals surface area (Å²) in [4.78, 5) is 1.94. The van der Waals surface area contributed by atoms with Crippen LogP contribution in [0.25, 0.3) is 0 Å². The third kappa shape index (κ3) is 2.52. The molecule has 1 N–H and O–H groups in total. The van der Waals surface area contributed by atoms with Crippen LogP contribution in [0.1, 0.15) is 6.42 Å². The molecule has 0 aromatic heterocycles. The zero-order chi connectivity index (χ0) is 11.5. The number of hydrogen-bond donors (Lipinski definition) is 1. The highest BCUT2D eigenvalue weighted by atomic mass is 79.9. The maximum atomic E-state index is 13.6. The van der Waals surface area contributed by atoms with Gasteiger partial charge in [-0.2, -0.15) is 0 Å². The fourth-order valence-electron chi connectivity index (χ4n) is 1.84. The predicted octanol–water partition coefficient (Wildman–Crippen LogP) is 2.53. The third-order valence-electron chi connectivity index (χ3n) is 2.67. The van der Waals surface area contributed by atoms with Gasteiger partial charge in [-0.15, -0.1) is 0 Å². The van der Waals surface area contributed by atoms with E-state index in [1.54, 1.807) is 0 Å². The summed E-state index contributed by atoms with van der Waals surface area (Å²) >= 11 is 3.08. The van der Waals surface area contributed by atoms with Crippen LogP contribution in [-0.4, -0.2) is 26.2 Å². The van der Waals surface area contributed by atoms with Crippen molar-refractivity contribution >= 4 is 21.6 Å². The lowest BCUT2D eigenvalue weighted by molar-refractivity contribution is 0.574. The zero-order valence-corrected chi connectivity index (χ0v) is 10.4. The summed E-state index contributed by atoms with van der Waals surface area (Å²) < 4.78 is 27.0. The molecular weight excluding hydrogens is 278 g/mol. The van der Waals surface area contributed by atoms with E-state index < -0.39 is 11.6 Å². The van der Waals surface area contributed by atoms with Crippen LogP contribution in [0.3, 0.4) is 0 Å². The molecule has 2 nitrogen and oxygen atoms in total. The molecule has 1 aliphatic heterocycles. The molecule has 0 saturated carbocycles. The van der Waals surface area contributed by atoms with E-state index in [0.717, 1.165) is 38.7 Å². The summed E-state index contributed by atoms with van der Waals surface area (Å²) in [5, 5.41) is 3.24. The number of rotatable bonds is 1. The monoisotopic (exact) mass is 290 g/mol. The first-order valence-electron chi connectivity index (χ1n) is 5.28. The molecule has 0 aliphatic carbocycles. The SMILES string of the molecule is Fc1cc(F)c(N2CCCNCC2)cc1Br. The van der Waals surface area contributed by atoms with Gasteiger partial charge in [0.15, 0.2) is 0 Å². The van der Waals surface area contributed by atoms with Gasteiger partial charge in [0.05, 0.1) is 10.2 Å². The first kappa shape index (κ1) is 11.8. The fourth-order valence-corrected chi connectivity index (χ4v) is 2.17. The van der Waals surface area contributed by atoms with E-state index in [0.29, 0.717) is 10.2 Å². The molecule has 0 radical (unpaired) electrons. The van der Waals surface area contributed by atoms with Crippen LogP contribution in [0.15, 0.2) is 16.6 Å². The topological polar surface area (TPSA) is 15.3 Å². The Balaban J connectivity index is 2.27. The Morgan fingerprint density at radius 1 is 1.12 bits per heavy atom. The van der Waals surface area contributed by atoms with E-state index in [-0.39, 0.29) is 0 Å². The van der Waals surface area contributed by atoms with E-state index in [9.17, 15) is 8.78 Å². The van der Waals surface area contributed by atoms with E-state index >= 15 is 0 Å². The highest BCUT2D eigenvalue weighted by Gasteiger charge is 2.15. The second-order valence-corrected chi connectivity index (χ2v) is 4.66. The molecule has 88 valence electrons. The summed E-state index contributed by atoms with van der Waals surface area (Å²) in [6, 6.07) is 2.44. The Bertz CT molecular complexity index is 376. The van der Waals surface area contributed by atoms with Crippen molar-refractivity contribution in [2.24, 2.45) is 0 Å². The molecule has 1 aromatic carbocycles. The smallest absolute Gasteiger partial charge is 0.149 e. The molecule has 0 bridgehead atoms. The molecule has 1 aromatic rings. The molecule has 0 atom stereocenters. The molecule has 16 heavy (non-hydrogen) atoms. The van der Waals surface area contributed by atoms with Crippen molar-refractivity contribution in [3.05, 3.63) is 28.2 Å². The van der Waals surface area contributed by atoms with E-state index in [1.807, 2.05) is 4.90 Å². The van der Waals surface area contributed by atoms with Gasteiger partial charge >= 0.3 is 0 Å². The summed E-state index contributed by atoms with van der Waals surface area (Å²) in [5.74, 6) is -1.06. The summed E-state index contributed by atoms with van der Waals surface area (Å²) in [6.45, 7) is 3.31. The third-order valence-corrected chi connectivity index (χ3v) is 3.28. The molecule has 1 saturated heterocycles. The van der Waals surface area contributed by atoms with E-state index in [4.69, 9.17) is 0 Å². The average Bonchev–Trinajstić information content (AvgIpc) is 2.52. The lowest BCUT2D eigenvalue weighted by Crippen LogP contribution is -2.28. The molecule has 1 aliphatic rings. The number of benzene rings is 1. The Morgan fingerprint density at radius 2 is 1.94 bits per heavy atom. The minimum Gasteiger partial charge on any atom is -0.368 e. The van der Waals surface area contributed by atoms with Crippen molar-refractivity contribution < 1.29 is 8.78 Å². The number of nitrogens with zero attached hydrogens (tertiary/aromatic N) is 1. The van der Waals surface area contributed by atoms with Gasteiger partial charge in [-0.05, 0) is 35.0 Å². The molecule has 5 heteroatoms. The van der Waals surface area contributed by atoms with Crippen molar-refractivity contribution in [2.75, 3.05) is 31.1 Å². The zero-order valence-electron chi connectivity index (χ0n) is 8.77. The van der Waals surface area contributed by atoms with Gasteiger partial charge in [-0.1, -0.05) is 0 Å². The Labute approximate surface area is 102 Å². The molecule has 1 heterocycles. The maximum Gasteiger partial charge on any atom is 0.149 e. The molecule has 2 rings (SSSR count). The fraction of sp³-hybridized carbons (Fsp3) is 0.455. The van der Waals surface area contributed by atoms with Gasteiger partial charge in [0.25, 0.3) is 0 Å². The number of halogens is 3. The molecular formula is C11H13BrF2N2. The lowest BCUT2D eigenvalue weighted by atomic mass is 10.2. The van der Waals surface area contributed by atoms with Crippen LogP contribution >= 0.6 is 15.9 Å². The summed E-state index contributed by atoms with van der Waals surface area (Å²) in [6.07, 6.45) is 0.967. The standard InChI is InChI=1S/C11H13BrF2N2/c12-8-6-11(10(14)7-9(8)13)16-4-1-2-15-3-5-16/h6-7,15H,1-5H2. The Morgan fingerprint density at radius 3 is 2.75 bits per heavy atom. The van der Waals surface area contributed by atoms with Crippen molar-refractivity contribution in [2.45, 2.75) is 6.42 Å². The van der Waals surface area contributed by atoms with Crippen LogP contribution in [-0.2, 0) is 0 Å². The van der Waals surface area contributed by atoms with Gasteiger partial charge < -0.3 is 10.2 Å². The van der Waals surface area contributed by atoms with Crippen LogP contribution < -0.4 is 10.2 Å². The van der Waals surface area contributed by atoms with E-state index in [2.05, 4.69) is 21.2 Å². The van der Waals surface area contributed by atoms with Gasteiger partial charge in [0.2, 0.25) is 0 Å². The lowest BCUT2D eigenvalue weighted by Gasteiger charge is -2.23. The highest BCUT2D eigenvalue weighted by Crippen LogP contribution is 2.26.